The van der Waals surface area contributed by atoms with Gasteiger partial charge in [-0.25, -0.2) is 9.37 Å². The number of aromatic amines is 1. The van der Waals surface area contributed by atoms with E-state index >= 15 is 0 Å². The lowest BCUT2D eigenvalue weighted by Crippen LogP contribution is -2.41. The number of likely N-dealkylation sites (tertiary alicyclic amines) is 1. The largest absolute Gasteiger partial charge is 0.489 e. The summed E-state index contributed by atoms with van der Waals surface area (Å²) in [5.74, 6) is -3.76. The first-order chi connectivity index (χ1) is 35.1. The van der Waals surface area contributed by atoms with Gasteiger partial charge in [-0.3, -0.25) is 33.8 Å². The van der Waals surface area contributed by atoms with Crippen LogP contribution in [0, 0.1) is 17.7 Å². The Kier molecular flexibility index (Phi) is 18.9. The molecule has 2 saturated carbocycles. The number of hydrogen-bond donors (Lipinski definition) is 5. The molecule has 73 heavy (non-hydrogen) atoms. The molecule has 4 heterocycles. The third-order valence-corrected chi connectivity index (χ3v) is 13.1. The van der Waals surface area contributed by atoms with Crippen LogP contribution in [0.2, 0.25) is 0 Å². The van der Waals surface area contributed by atoms with Gasteiger partial charge in [0.15, 0.2) is 11.5 Å². The maximum atomic E-state index is 14.3. The topological polar surface area (TPSA) is 232 Å². The number of benzene rings is 1. The molecule has 3 fully saturated rings. The van der Waals surface area contributed by atoms with Gasteiger partial charge in [0.1, 0.15) is 11.4 Å². The molecule has 1 aliphatic heterocycles. The van der Waals surface area contributed by atoms with E-state index in [0.29, 0.717) is 77.0 Å². The van der Waals surface area contributed by atoms with Gasteiger partial charge in [-0.1, -0.05) is 6.07 Å². The van der Waals surface area contributed by atoms with Gasteiger partial charge in [0.25, 0.3) is 5.91 Å². The second-order valence-electron chi connectivity index (χ2n) is 18.4. The van der Waals surface area contributed by atoms with E-state index in [2.05, 4.69) is 36.2 Å². The van der Waals surface area contributed by atoms with Crippen molar-refractivity contribution < 1.29 is 60.5 Å². The van der Waals surface area contributed by atoms with E-state index < -0.39 is 46.4 Å². The molecule has 5 N–H and O–H groups in total. The van der Waals surface area contributed by atoms with E-state index in [1.165, 1.54) is 18.3 Å². The predicted molar refractivity (Wildman–Crippen MR) is 256 cm³/mol. The van der Waals surface area contributed by atoms with Gasteiger partial charge >= 0.3 is 6.18 Å². The first-order valence-corrected chi connectivity index (χ1v) is 24.5. The monoisotopic (exact) mass is 1020 g/mol. The van der Waals surface area contributed by atoms with Crippen molar-refractivity contribution in [3.63, 3.8) is 0 Å². The van der Waals surface area contributed by atoms with Crippen LogP contribution in [0.25, 0.3) is 0 Å². The molecule has 3 aromatic heterocycles. The minimum atomic E-state index is -4.85. The molecule has 4 aromatic rings. The van der Waals surface area contributed by atoms with Crippen LogP contribution in [0.15, 0.2) is 78.1 Å². The second-order valence-corrected chi connectivity index (χ2v) is 18.4. The Morgan fingerprint density at radius 3 is 2.27 bits per heavy atom. The Bertz CT molecular complexity index is 2590. The minimum Gasteiger partial charge on any atom is -0.489 e. The van der Waals surface area contributed by atoms with Crippen LogP contribution >= 0.6 is 0 Å². The smallest absolute Gasteiger partial charge is 0.417 e. The highest BCUT2D eigenvalue weighted by Gasteiger charge is 2.43. The molecular weight excluding hydrogens is 961 g/mol. The van der Waals surface area contributed by atoms with Gasteiger partial charge in [0.2, 0.25) is 35.1 Å². The summed E-state index contributed by atoms with van der Waals surface area (Å²) >= 11 is 0. The first-order valence-electron chi connectivity index (χ1n) is 24.5. The summed E-state index contributed by atoms with van der Waals surface area (Å²) in [6.07, 6.45) is 7.58. The highest BCUT2D eigenvalue weighted by molar-refractivity contribution is 6.06. The summed E-state index contributed by atoms with van der Waals surface area (Å²) < 4.78 is 78.7. The summed E-state index contributed by atoms with van der Waals surface area (Å²) in [7, 11) is 1.71. The number of nitrogens with zero attached hydrogens (tertiary/aromatic N) is 3. The van der Waals surface area contributed by atoms with Gasteiger partial charge in [-0.05, 0) is 100 Å². The van der Waals surface area contributed by atoms with Crippen molar-refractivity contribution in [1.29, 1.82) is 0 Å². The summed E-state index contributed by atoms with van der Waals surface area (Å²) in [6, 6.07) is 9.38. The Labute approximate surface area is 418 Å². The molecule has 18 nitrogen and oxygen atoms in total. The Hall–Kier alpha value is -6.94. The standard InChI is InChI=1S/C51H60F4N8O10/c1-63-45(66)28-39(46(63)32-5-2-18-56-29-32)48(68)59-21-24-71-38-14-12-37(13-15-38)70-22-3-6-43(64)61-35-10-7-31(8-11-35)47(67)58-19-4-23-72-42-26-34(52)9-16-41(42)73-50-40(25-33(30-60-50)51(53,54)55)49(69)62-36-17-20-57-44(65)27-36/h2,5,9,16-18,20,25-27,29-31,35,37-39,46H,3-4,6-8,10-15,19,21-24,28H2,1H3,(H,58,67)(H,59,68)(H,61,64)(H2,57,62,65,69)/t31?,35?,37?,38?,39-,46+/m0/s1. The normalized spacial score (nSPS) is 21.0. The molecule has 392 valence electrons. The zero-order valence-electron chi connectivity index (χ0n) is 40.3. The lowest BCUT2D eigenvalue weighted by atomic mass is 9.85. The Balaban J connectivity index is 0.737. The average Bonchev–Trinajstić information content (AvgIpc) is 3.68. The highest BCUT2D eigenvalue weighted by atomic mass is 19.4. The Morgan fingerprint density at radius 1 is 0.822 bits per heavy atom. The number of anilines is 1. The van der Waals surface area contributed by atoms with Gasteiger partial charge in [0, 0.05) is 94.2 Å². The van der Waals surface area contributed by atoms with Gasteiger partial charge < -0.3 is 50.1 Å². The molecule has 2 aliphatic carbocycles. The maximum absolute atomic E-state index is 14.3. The molecule has 7 rings (SSSR count). The average molecular weight is 1020 g/mol. The molecule has 1 saturated heterocycles. The molecule has 2 atom stereocenters. The van der Waals surface area contributed by atoms with E-state index in [1.54, 1.807) is 30.4 Å². The van der Waals surface area contributed by atoms with Crippen molar-refractivity contribution in [2.75, 3.05) is 45.3 Å². The van der Waals surface area contributed by atoms with E-state index in [0.717, 1.165) is 49.4 Å². The van der Waals surface area contributed by atoms with Crippen molar-refractivity contribution in [3.8, 4) is 17.4 Å². The number of aromatic nitrogens is 3. The third kappa shape index (κ3) is 15.5. The number of pyridine rings is 3. The molecule has 22 heteroatoms. The summed E-state index contributed by atoms with van der Waals surface area (Å²) in [5.41, 5.74) is -1.58. The highest BCUT2D eigenvalue weighted by Crippen LogP contribution is 2.38. The number of ether oxygens (including phenoxy) is 4. The van der Waals surface area contributed by atoms with Crippen LogP contribution in [-0.2, 0) is 34.8 Å². The number of amides is 5. The van der Waals surface area contributed by atoms with Crippen molar-refractivity contribution >= 4 is 35.2 Å². The van der Waals surface area contributed by atoms with E-state index in [4.69, 9.17) is 18.9 Å². The quantitative estimate of drug-likeness (QED) is 0.0426. The first kappa shape index (κ1) is 53.8. The minimum absolute atomic E-state index is 0.00408. The number of nitrogens with one attached hydrogen (secondary N) is 5. The Morgan fingerprint density at radius 2 is 1.56 bits per heavy atom. The molecule has 0 bridgehead atoms. The maximum Gasteiger partial charge on any atom is 0.417 e. The van der Waals surface area contributed by atoms with E-state index in [1.807, 2.05) is 6.07 Å². The fraction of sp³-hybridized carbons (Fsp3) is 0.490. The molecule has 0 unspecified atom stereocenters. The van der Waals surface area contributed by atoms with Crippen LogP contribution < -0.4 is 36.3 Å². The number of H-pyrrole nitrogens is 1. The van der Waals surface area contributed by atoms with Gasteiger partial charge in [-0.15, -0.1) is 0 Å². The number of carbonyl (C=O) groups is 5. The van der Waals surface area contributed by atoms with Crippen molar-refractivity contribution in [3.05, 3.63) is 106 Å². The fourth-order valence-electron chi connectivity index (χ4n) is 9.26. The second kappa shape index (κ2) is 25.6. The summed E-state index contributed by atoms with van der Waals surface area (Å²) in [5, 5.41) is 11.3. The zero-order chi connectivity index (χ0) is 51.9. The zero-order valence-corrected chi connectivity index (χ0v) is 40.3. The van der Waals surface area contributed by atoms with Crippen LogP contribution in [0.1, 0.15) is 105 Å². The SMILES string of the molecule is CN1C(=O)C[C@H](C(=O)NCCOC2CCC(OCCCC(=O)NC3CCC(C(=O)NCCCOc4cc(F)ccc4Oc4ncc(C(F)(F)F)cc4C(=O)Nc4cc[nH]c(=O)c4)CC3)CC2)[C@H]1c1cccnc1. The number of halogens is 4. The fourth-order valence-corrected chi connectivity index (χ4v) is 9.26. The summed E-state index contributed by atoms with van der Waals surface area (Å²) in [4.78, 5) is 87.9. The molecular formula is C51H60F4N8O10. The lowest BCUT2D eigenvalue weighted by Gasteiger charge is -2.29. The number of alkyl halides is 3. The van der Waals surface area contributed by atoms with Crippen LogP contribution in [-0.4, -0.2) is 108 Å². The molecule has 0 radical (unpaired) electrons. The van der Waals surface area contributed by atoms with Crippen molar-refractivity contribution in [2.24, 2.45) is 11.8 Å². The molecule has 5 amide bonds. The third-order valence-electron chi connectivity index (χ3n) is 13.1. The lowest BCUT2D eigenvalue weighted by molar-refractivity contribution is -0.138. The molecule has 3 aliphatic rings. The molecule has 1 aromatic carbocycles. The molecule has 0 spiro atoms. The van der Waals surface area contributed by atoms with Crippen molar-refractivity contribution in [2.45, 2.75) is 108 Å². The number of rotatable bonds is 22. The predicted octanol–water partition coefficient (Wildman–Crippen LogP) is 6.39. The van der Waals surface area contributed by atoms with Gasteiger partial charge in [-0.2, -0.15) is 13.2 Å². The summed E-state index contributed by atoms with van der Waals surface area (Å²) in [6.45, 7) is 1.40. The van der Waals surface area contributed by atoms with E-state index in [9.17, 15) is 46.3 Å². The van der Waals surface area contributed by atoms with Gasteiger partial charge in [0.05, 0.1) is 42.9 Å². The number of carbonyl (C=O) groups excluding carboxylic acids is 5. The van der Waals surface area contributed by atoms with Crippen LogP contribution in [0.4, 0.5) is 23.2 Å². The van der Waals surface area contributed by atoms with Crippen molar-refractivity contribution in [1.82, 2.24) is 35.8 Å². The van der Waals surface area contributed by atoms with E-state index in [-0.39, 0.29) is 90.6 Å². The van der Waals surface area contributed by atoms with Crippen LogP contribution in [0.5, 0.6) is 17.4 Å². The number of hydrogen-bond acceptors (Lipinski definition) is 12. The van der Waals surface area contributed by atoms with Crippen LogP contribution in [0.3, 0.4) is 0 Å².